The molecule has 3 aromatic carbocycles. The first-order valence-electron chi connectivity index (χ1n) is 10.3. The van der Waals surface area contributed by atoms with Crippen molar-refractivity contribution in [2.24, 2.45) is 0 Å². The van der Waals surface area contributed by atoms with Gasteiger partial charge in [0, 0.05) is 11.6 Å². The third-order valence-electron chi connectivity index (χ3n) is 5.43. The van der Waals surface area contributed by atoms with Crippen LogP contribution in [0.3, 0.4) is 0 Å². The molecule has 0 amide bonds. The zero-order valence-electron chi connectivity index (χ0n) is 18.7. The van der Waals surface area contributed by atoms with Gasteiger partial charge in [-0.05, 0) is 41.3 Å². The van der Waals surface area contributed by atoms with Crippen LogP contribution in [0.25, 0.3) is 10.9 Å². The minimum Gasteiger partial charge on any atom is -0.493 e. The molecule has 0 fully saturated rings. The van der Waals surface area contributed by atoms with Gasteiger partial charge in [0.15, 0.2) is 23.0 Å². The topological polar surface area (TPSA) is 61.9 Å². The van der Waals surface area contributed by atoms with Crippen LogP contribution in [-0.2, 0) is 13.0 Å². The lowest BCUT2D eigenvalue weighted by Gasteiger charge is -2.14. The Morgan fingerprint density at radius 1 is 0.688 bits per heavy atom. The minimum atomic E-state index is 0.474. The minimum absolute atomic E-state index is 0.474. The van der Waals surface area contributed by atoms with E-state index in [1.165, 1.54) is 0 Å². The highest BCUT2D eigenvalue weighted by atomic mass is 16.5. The molecule has 1 N–H and O–H groups in total. The molecule has 0 spiro atoms. The van der Waals surface area contributed by atoms with Crippen LogP contribution in [0.1, 0.15) is 16.7 Å². The van der Waals surface area contributed by atoms with Gasteiger partial charge in [-0.3, -0.25) is 0 Å². The summed E-state index contributed by atoms with van der Waals surface area (Å²) >= 11 is 0. The molecule has 0 aliphatic heterocycles. The number of hydrogen-bond donors (Lipinski definition) is 1. The van der Waals surface area contributed by atoms with Gasteiger partial charge in [-0.25, -0.2) is 0 Å². The van der Waals surface area contributed by atoms with E-state index < -0.39 is 0 Å². The van der Waals surface area contributed by atoms with Crippen LogP contribution in [0.4, 0.5) is 0 Å². The second-order valence-corrected chi connectivity index (χ2v) is 7.32. The molecular formula is C26H27NO5. The summed E-state index contributed by atoms with van der Waals surface area (Å²) in [5.74, 6) is 3.23. The van der Waals surface area contributed by atoms with Crippen molar-refractivity contribution in [1.29, 1.82) is 0 Å². The lowest BCUT2D eigenvalue weighted by Crippen LogP contribution is -1.99. The number of aromatic nitrogens is 1. The summed E-state index contributed by atoms with van der Waals surface area (Å²) in [5.41, 5.74) is 4.18. The van der Waals surface area contributed by atoms with Crippen LogP contribution >= 0.6 is 0 Å². The summed E-state index contributed by atoms with van der Waals surface area (Å²) in [4.78, 5) is 3.32. The van der Waals surface area contributed by atoms with Crippen molar-refractivity contribution in [3.8, 4) is 28.7 Å². The van der Waals surface area contributed by atoms with Crippen molar-refractivity contribution in [2.45, 2.75) is 13.0 Å². The van der Waals surface area contributed by atoms with Gasteiger partial charge >= 0.3 is 0 Å². The molecule has 4 aromatic rings. The largest absolute Gasteiger partial charge is 0.493 e. The number of rotatable bonds is 9. The maximum absolute atomic E-state index is 6.08. The molecule has 0 aliphatic carbocycles. The lowest BCUT2D eigenvalue weighted by molar-refractivity contribution is 0.284. The van der Waals surface area contributed by atoms with E-state index in [0.717, 1.165) is 27.6 Å². The van der Waals surface area contributed by atoms with E-state index in [0.29, 0.717) is 41.8 Å². The third-order valence-corrected chi connectivity index (χ3v) is 5.43. The average Bonchev–Trinajstić information content (AvgIpc) is 3.24. The number of methoxy groups -OCH3 is 4. The maximum Gasteiger partial charge on any atom is 0.205 e. The van der Waals surface area contributed by atoms with Gasteiger partial charge in [-0.2, -0.15) is 0 Å². The van der Waals surface area contributed by atoms with E-state index in [1.807, 2.05) is 60.8 Å². The van der Waals surface area contributed by atoms with Crippen molar-refractivity contribution in [2.75, 3.05) is 28.4 Å². The van der Waals surface area contributed by atoms with E-state index in [4.69, 9.17) is 23.7 Å². The Balaban J connectivity index is 1.65. The summed E-state index contributed by atoms with van der Waals surface area (Å²) in [6.07, 6.45) is 2.69. The second kappa shape index (κ2) is 9.56. The molecule has 0 bridgehead atoms. The fraction of sp³-hybridized carbons (Fsp3) is 0.231. The molecule has 0 saturated heterocycles. The molecule has 4 rings (SSSR count). The third kappa shape index (κ3) is 4.17. The van der Waals surface area contributed by atoms with Crippen LogP contribution in [0.2, 0.25) is 0 Å². The number of nitrogens with one attached hydrogen (secondary N) is 1. The Morgan fingerprint density at radius 2 is 1.44 bits per heavy atom. The van der Waals surface area contributed by atoms with E-state index in [2.05, 4.69) is 4.98 Å². The predicted octanol–water partition coefficient (Wildman–Crippen LogP) is 5.37. The maximum atomic E-state index is 6.08. The standard InChI is InChI=1S/C26H27NO5/c1-28-21-11-10-18(13-22(21)32-16-17-8-6-5-7-9-17)12-19-15-27-24-20(19)14-23(29-2)25(30-3)26(24)31-4/h5-11,13-15,27H,12,16H2,1-4H3. The Hall–Kier alpha value is -3.80. The molecular weight excluding hydrogens is 406 g/mol. The Kier molecular flexibility index (Phi) is 6.40. The molecule has 0 atom stereocenters. The fourth-order valence-corrected chi connectivity index (χ4v) is 3.84. The molecule has 0 aliphatic rings. The molecule has 1 aromatic heterocycles. The Morgan fingerprint density at radius 3 is 2.12 bits per heavy atom. The van der Waals surface area contributed by atoms with Crippen LogP contribution in [-0.4, -0.2) is 33.4 Å². The first kappa shape index (κ1) is 21.4. The van der Waals surface area contributed by atoms with E-state index >= 15 is 0 Å². The van der Waals surface area contributed by atoms with Crippen molar-refractivity contribution in [1.82, 2.24) is 4.98 Å². The smallest absolute Gasteiger partial charge is 0.205 e. The van der Waals surface area contributed by atoms with Crippen LogP contribution in [0, 0.1) is 0 Å². The molecule has 32 heavy (non-hydrogen) atoms. The Bertz CT molecular complexity index is 1200. The number of benzene rings is 3. The molecule has 0 radical (unpaired) electrons. The first-order valence-corrected chi connectivity index (χ1v) is 10.3. The monoisotopic (exact) mass is 433 g/mol. The molecule has 1 heterocycles. The zero-order valence-corrected chi connectivity index (χ0v) is 18.7. The summed E-state index contributed by atoms with van der Waals surface area (Å²) in [6, 6.07) is 18.1. The number of ether oxygens (including phenoxy) is 5. The van der Waals surface area contributed by atoms with Gasteiger partial charge in [0.2, 0.25) is 5.75 Å². The van der Waals surface area contributed by atoms with Crippen molar-refractivity contribution >= 4 is 10.9 Å². The highest BCUT2D eigenvalue weighted by molar-refractivity contribution is 5.93. The summed E-state index contributed by atoms with van der Waals surface area (Å²) in [7, 11) is 6.49. The predicted molar refractivity (Wildman–Crippen MR) is 125 cm³/mol. The van der Waals surface area contributed by atoms with Gasteiger partial charge in [-0.15, -0.1) is 0 Å². The number of hydrogen-bond acceptors (Lipinski definition) is 5. The first-order chi connectivity index (χ1) is 15.7. The lowest BCUT2D eigenvalue weighted by atomic mass is 10.0. The molecule has 166 valence electrons. The second-order valence-electron chi connectivity index (χ2n) is 7.32. The van der Waals surface area contributed by atoms with Gasteiger partial charge in [-0.1, -0.05) is 36.4 Å². The van der Waals surface area contributed by atoms with Gasteiger partial charge < -0.3 is 28.7 Å². The Labute approximate surface area is 187 Å². The van der Waals surface area contributed by atoms with Crippen molar-refractivity contribution in [3.05, 3.63) is 77.5 Å². The number of H-pyrrole nitrogens is 1. The van der Waals surface area contributed by atoms with E-state index in [1.54, 1.807) is 28.4 Å². The number of aromatic amines is 1. The zero-order chi connectivity index (χ0) is 22.5. The van der Waals surface area contributed by atoms with E-state index in [-0.39, 0.29) is 0 Å². The highest BCUT2D eigenvalue weighted by Gasteiger charge is 2.19. The fourth-order valence-electron chi connectivity index (χ4n) is 3.84. The molecule has 6 heteroatoms. The van der Waals surface area contributed by atoms with Gasteiger partial charge in [0.25, 0.3) is 0 Å². The van der Waals surface area contributed by atoms with Crippen LogP contribution < -0.4 is 23.7 Å². The normalized spacial score (nSPS) is 10.8. The summed E-state index contributed by atoms with van der Waals surface area (Å²) in [6.45, 7) is 0.474. The van der Waals surface area contributed by atoms with Crippen molar-refractivity contribution < 1.29 is 23.7 Å². The van der Waals surface area contributed by atoms with Crippen molar-refractivity contribution in [3.63, 3.8) is 0 Å². The number of fused-ring (bicyclic) bond motifs is 1. The van der Waals surface area contributed by atoms with Gasteiger partial charge in [0.05, 0.1) is 34.0 Å². The van der Waals surface area contributed by atoms with Gasteiger partial charge in [0.1, 0.15) is 6.61 Å². The summed E-state index contributed by atoms with van der Waals surface area (Å²) < 4.78 is 28.2. The summed E-state index contributed by atoms with van der Waals surface area (Å²) in [5, 5.41) is 1.02. The van der Waals surface area contributed by atoms with E-state index in [9.17, 15) is 0 Å². The average molecular weight is 434 g/mol. The SMILES string of the molecule is COc1ccc(Cc2c[nH]c3c(OC)c(OC)c(OC)cc23)cc1OCc1ccccc1. The molecule has 6 nitrogen and oxygen atoms in total. The highest BCUT2D eigenvalue weighted by Crippen LogP contribution is 2.44. The quantitative estimate of drug-likeness (QED) is 0.384. The van der Waals surface area contributed by atoms with Crippen LogP contribution in [0.15, 0.2) is 60.8 Å². The molecule has 0 saturated carbocycles. The molecule has 0 unspecified atom stereocenters. The van der Waals surface area contributed by atoms with Crippen LogP contribution in [0.5, 0.6) is 28.7 Å².